The lowest BCUT2D eigenvalue weighted by atomic mass is 10.3. The SMILES string of the molecule is O=C(O)c1csc(NCCc2cccs2)n1. The number of thiazole rings is 1. The molecular weight excluding hydrogens is 244 g/mol. The van der Waals surface area contributed by atoms with Crippen molar-refractivity contribution in [2.45, 2.75) is 6.42 Å². The normalized spacial score (nSPS) is 10.2. The van der Waals surface area contributed by atoms with Crippen molar-refractivity contribution >= 4 is 33.8 Å². The zero-order valence-electron chi connectivity index (χ0n) is 8.34. The van der Waals surface area contributed by atoms with E-state index in [0.717, 1.165) is 13.0 Å². The second-order valence-corrected chi connectivity index (χ2v) is 4.99. The second kappa shape index (κ2) is 5.09. The third-order valence-corrected chi connectivity index (χ3v) is 3.69. The van der Waals surface area contributed by atoms with Gasteiger partial charge in [-0.25, -0.2) is 9.78 Å². The van der Waals surface area contributed by atoms with Gasteiger partial charge >= 0.3 is 5.97 Å². The first-order valence-corrected chi connectivity index (χ1v) is 6.47. The number of carboxylic acids is 1. The quantitative estimate of drug-likeness (QED) is 0.860. The van der Waals surface area contributed by atoms with Gasteiger partial charge < -0.3 is 10.4 Å². The van der Waals surface area contributed by atoms with Crippen LogP contribution in [0, 0.1) is 0 Å². The molecule has 6 heteroatoms. The van der Waals surface area contributed by atoms with Crippen LogP contribution < -0.4 is 5.32 Å². The van der Waals surface area contributed by atoms with Crippen molar-refractivity contribution in [1.82, 2.24) is 4.98 Å². The van der Waals surface area contributed by atoms with Crippen LogP contribution >= 0.6 is 22.7 Å². The highest BCUT2D eigenvalue weighted by Crippen LogP contribution is 2.16. The summed E-state index contributed by atoms with van der Waals surface area (Å²) in [5.41, 5.74) is 0.101. The molecule has 2 rings (SSSR count). The molecule has 0 unspecified atom stereocenters. The van der Waals surface area contributed by atoms with E-state index in [1.807, 2.05) is 11.4 Å². The number of carboxylic acid groups (broad SMARTS) is 1. The van der Waals surface area contributed by atoms with E-state index in [1.54, 1.807) is 11.3 Å². The molecule has 0 amide bonds. The smallest absolute Gasteiger partial charge is 0.355 e. The minimum atomic E-state index is -0.984. The van der Waals surface area contributed by atoms with Crippen LogP contribution in [0.25, 0.3) is 0 Å². The summed E-state index contributed by atoms with van der Waals surface area (Å²) < 4.78 is 0. The van der Waals surface area contributed by atoms with Crippen molar-refractivity contribution in [3.63, 3.8) is 0 Å². The summed E-state index contributed by atoms with van der Waals surface area (Å²) in [5.74, 6) is -0.984. The molecule has 2 aromatic rings. The van der Waals surface area contributed by atoms with Gasteiger partial charge in [0.2, 0.25) is 0 Å². The van der Waals surface area contributed by atoms with Crippen LogP contribution in [0.1, 0.15) is 15.4 Å². The third kappa shape index (κ3) is 2.80. The van der Waals surface area contributed by atoms with Crippen molar-refractivity contribution in [2.75, 3.05) is 11.9 Å². The summed E-state index contributed by atoms with van der Waals surface area (Å²) in [6.07, 6.45) is 0.930. The highest BCUT2D eigenvalue weighted by atomic mass is 32.1. The first kappa shape index (κ1) is 11.1. The van der Waals surface area contributed by atoms with Gasteiger partial charge in [-0.2, -0.15) is 0 Å². The second-order valence-electron chi connectivity index (χ2n) is 3.10. The summed E-state index contributed by atoms with van der Waals surface area (Å²) in [5, 5.41) is 16.0. The minimum Gasteiger partial charge on any atom is -0.476 e. The number of thiophene rings is 1. The molecule has 0 aliphatic carbocycles. The molecule has 0 bridgehead atoms. The van der Waals surface area contributed by atoms with Gasteiger partial charge in [0.05, 0.1) is 0 Å². The standard InChI is InChI=1S/C10H10N2O2S2/c13-9(14)8-6-16-10(12-8)11-4-3-7-2-1-5-15-7/h1-2,5-6H,3-4H2,(H,11,12)(H,13,14). The van der Waals surface area contributed by atoms with Crippen molar-refractivity contribution in [3.8, 4) is 0 Å². The number of hydrogen-bond donors (Lipinski definition) is 2. The van der Waals surface area contributed by atoms with E-state index in [2.05, 4.69) is 16.4 Å². The fraction of sp³-hybridized carbons (Fsp3) is 0.200. The van der Waals surface area contributed by atoms with E-state index >= 15 is 0 Å². The van der Waals surface area contributed by atoms with E-state index in [9.17, 15) is 4.79 Å². The highest BCUT2D eigenvalue weighted by molar-refractivity contribution is 7.13. The minimum absolute atomic E-state index is 0.101. The number of hydrogen-bond acceptors (Lipinski definition) is 5. The third-order valence-electron chi connectivity index (χ3n) is 1.95. The number of nitrogens with zero attached hydrogens (tertiary/aromatic N) is 1. The predicted octanol–water partition coefficient (Wildman–Crippen LogP) is 2.56. The van der Waals surface area contributed by atoms with Gasteiger partial charge in [0, 0.05) is 16.8 Å². The molecule has 0 saturated heterocycles. The maximum atomic E-state index is 10.6. The fourth-order valence-corrected chi connectivity index (χ4v) is 2.62. The molecule has 0 aliphatic rings. The molecule has 0 saturated carbocycles. The van der Waals surface area contributed by atoms with E-state index in [4.69, 9.17) is 5.11 Å². The Labute approximate surface area is 101 Å². The molecule has 4 nitrogen and oxygen atoms in total. The van der Waals surface area contributed by atoms with Crippen LogP contribution in [0.3, 0.4) is 0 Å². The molecule has 2 aromatic heterocycles. The van der Waals surface area contributed by atoms with Crippen LogP contribution in [0.2, 0.25) is 0 Å². The molecule has 0 radical (unpaired) electrons. The molecule has 0 aromatic carbocycles. The monoisotopic (exact) mass is 254 g/mol. The zero-order chi connectivity index (χ0) is 11.4. The average molecular weight is 254 g/mol. The Balaban J connectivity index is 1.83. The lowest BCUT2D eigenvalue weighted by Crippen LogP contribution is -2.04. The number of nitrogens with one attached hydrogen (secondary N) is 1. The first-order chi connectivity index (χ1) is 7.75. The van der Waals surface area contributed by atoms with Crippen molar-refractivity contribution < 1.29 is 9.90 Å². The Morgan fingerprint density at radius 3 is 3.00 bits per heavy atom. The van der Waals surface area contributed by atoms with Crippen molar-refractivity contribution in [1.29, 1.82) is 0 Å². The number of rotatable bonds is 5. The largest absolute Gasteiger partial charge is 0.476 e. The Morgan fingerprint density at radius 1 is 1.50 bits per heavy atom. The molecular formula is C10H10N2O2S2. The fourth-order valence-electron chi connectivity index (χ4n) is 1.20. The Bertz CT molecular complexity index is 465. The first-order valence-electron chi connectivity index (χ1n) is 4.71. The predicted molar refractivity (Wildman–Crippen MR) is 65.6 cm³/mol. The lowest BCUT2D eigenvalue weighted by molar-refractivity contribution is 0.0691. The van der Waals surface area contributed by atoms with E-state index in [0.29, 0.717) is 5.13 Å². The zero-order valence-corrected chi connectivity index (χ0v) is 9.98. The maximum Gasteiger partial charge on any atom is 0.355 e. The number of carbonyl (C=O) groups is 1. The summed E-state index contributed by atoms with van der Waals surface area (Å²) in [6.45, 7) is 0.771. The molecule has 0 fully saturated rings. The van der Waals surface area contributed by atoms with Gasteiger partial charge in [-0.05, 0) is 17.9 Å². The van der Waals surface area contributed by atoms with Crippen LogP contribution in [-0.4, -0.2) is 22.6 Å². The summed E-state index contributed by atoms with van der Waals surface area (Å²) in [7, 11) is 0. The molecule has 0 atom stereocenters. The van der Waals surface area contributed by atoms with Gasteiger partial charge in [0.1, 0.15) is 0 Å². The topological polar surface area (TPSA) is 62.2 Å². The summed E-state index contributed by atoms with van der Waals surface area (Å²) in [6, 6.07) is 4.10. The van der Waals surface area contributed by atoms with Crippen molar-refractivity contribution in [2.24, 2.45) is 0 Å². The van der Waals surface area contributed by atoms with E-state index in [1.165, 1.54) is 21.6 Å². The summed E-state index contributed by atoms with van der Waals surface area (Å²) >= 11 is 3.03. The van der Waals surface area contributed by atoms with Gasteiger partial charge in [0.15, 0.2) is 10.8 Å². The molecule has 16 heavy (non-hydrogen) atoms. The van der Waals surface area contributed by atoms with Crippen LogP contribution in [0.15, 0.2) is 22.9 Å². The molecule has 0 aliphatic heterocycles. The number of anilines is 1. The van der Waals surface area contributed by atoms with Crippen LogP contribution in [0.4, 0.5) is 5.13 Å². The Hall–Kier alpha value is -1.40. The van der Waals surface area contributed by atoms with Gasteiger partial charge in [-0.1, -0.05) is 6.07 Å². The number of aromatic carboxylic acids is 1. The Kier molecular flexibility index (Phi) is 3.53. The molecule has 2 N–H and O–H groups in total. The molecule has 2 heterocycles. The van der Waals surface area contributed by atoms with Gasteiger partial charge in [0.25, 0.3) is 0 Å². The lowest BCUT2D eigenvalue weighted by Gasteiger charge is -1.99. The van der Waals surface area contributed by atoms with Crippen molar-refractivity contribution in [3.05, 3.63) is 33.5 Å². The highest BCUT2D eigenvalue weighted by Gasteiger charge is 2.07. The summed E-state index contributed by atoms with van der Waals surface area (Å²) in [4.78, 5) is 15.8. The van der Waals surface area contributed by atoms with E-state index < -0.39 is 5.97 Å². The molecule has 84 valence electrons. The Morgan fingerprint density at radius 2 is 2.38 bits per heavy atom. The average Bonchev–Trinajstić information content (AvgIpc) is 2.87. The van der Waals surface area contributed by atoms with Gasteiger partial charge in [-0.15, -0.1) is 22.7 Å². The number of aromatic nitrogens is 1. The van der Waals surface area contributed by atoms with Crippen LogP contribution in [0.5, 0.6) is 0 Å². The van der Waals surface area contributed by atoms with Crippen LogP contribution in [-0.2, 0) is 6.42 Å². The molecule has 0 spiro atoms. The van der Waals surface area contributed by atoms with E-state index in [-0.39, 0.29) is 5.69 Å². The maximum absolute atomic E-state index is 10.6. The van der Waals surface area contributed by atoms with Gasteiger partial charge in [-0.3, -0.25) is 0 Å².